The summed E-state index contributed by atoms with van der Waals surface area (Å²) in [5.41, 5.74) is -0.458. The maximum atomic E-state index is 11.6. The van der Waals surface area contributed by atoms with Gasteiger partial charge in [-0.2, -0.15) is 0 Å². The summed E-state index contributed by atoms with van der Waals surface area (Å²) in [6.07, 6.45) is 0. The molecular formula is C9H6BrN3O3. The Kier molecular flexibility index (Phi) is 2.47. The smallest absolute Gasteiger partial charge is 0.296 e. The van der Waals surface area contributed by atoms with Crippen molar-refractivity contribution in [1.29, 1.82) is 0 Å². The van der Waals surface area contributed by atoms with Crippen molar-refractivity contribution in [3.05, 3.63) is 42.9 Å². The summed E-state index contributed by atoms with van der Waals surface area (Å²) in [6.45, 7) is 1.58. The Morgan fingerprint density at radius 1 is 1.50 bits per heavy atom. The number of aromatic nitrogens is 2. The molecule has 0 atom stereocenters. The van der Waals surface area contributed by atoms with Gasteiger partial charge < -0.3 is 4.98 Å². The Morgan fingerprint density at radius 2 is 2.19 bits per heavy atom. The standard InChI is InChI=1S/C9H6BrN3O3/c1-4-11-8-6(9(14)12-4)2-5(10)3-7(8)13(15)16/h2-3H,1H3,(H,11,12,14). The number of aromatic amines is 1. The van der Waals surface area contributed by atoms with Gasteiger partial charge in [0.1, 0.15) is 5.82 Å². The minimum atomic E-state index is -0.557. The van der Waals surface area contributed by atoms with Crippen LogP contribution in [0, 0.1) is 17.0 Å². The monoisotopic (exact) mass is 283 g/mol. The van der Waals surface area contributed by atoms with E-state index in [2.05, 4.69) is 25.9 Å². The van der Waals surface area contributed by atoms with Crippen LogP contribution in [0.3, 0.4) is 0 Å². The number of hydrogen-bond donors (Lipinski definition) is 1. The number of fused-ring (bicyclic) bond motifs is 1. The molecule has 0 unspecified atom stereocenters. The second-order valence-electron chi connectivity index (χ2n) is 3.23. The number of H-pyrrole nitrogens is 1. The first kappa shape index (κ1) is 10.7. The molecule has 0 aliphatic carbocycles. The Labute approximate surface area is 97.6 Å². The highest BCUT2D eigenvalue weighted by Gasteiger charge is 2.16. The van der Waals surface area contributed by atoms with Crippen LogP contribution in [0.2, 0.25) is 0 Å². The summed E-state index contributed by atoms with van der Waals surface area (Å²) in [7, 11) is 0. The van der Waals surface area contributed by atoms with Crippen LogP contribution in [0.15, 0.2) is 21.4 Å². The number of hydrogen-bond acceptors (Lipinski definition) is 4. The zero-order valence-corrected chi connectivity index (χ0v) is 9.74. The molecular weight excluding hydrogens is 278 g/mol. The Balaban J connectivity index is 3.01. The predicted molar refractivity (Wildman–Crippen MR) is 61.5 cm³/mol. The minimum absolute atomic E-state index is 0.106. The van der Waals surface area contributed by atoms with E-state index in [0.29, 0.717) is 10.3 Å². The molecule has 0 bridgehead atoms. The van der Waals surface area contributed by atoms with Gasteiger partial charge >= 0.3 is 0 Å². The normalized spacial score (nSPS) is 10.6. The van der Waals surface area contributed by atoms with E-state index in [1.54, 1.807) is 6.92 Å². The molecule has 0 amide bonds. The SMILES string of the molecule is Cc1nc2c([N+](=O)[O-])cc(Br)cc2c(=O)[nH]1. The van der Waals surface area contributed by atoms with Crippen molar-refractivity contribution in [2.45, 2.75) is 6.92 Å². The Bertz CT molecular complexity index is 650. The van der Waals surface area contributed by atoms with Gasteiger partial charge in [-0.15, -0.1) is 0 Å². The lowest BCUT2D eigenvalue weighted by atomic mass is 10.2. The van der Waals surface area contributed by atoms with Gasteiger partial charge in [-0.1, -0.05) is 15.9 Å². The van der Waals surface area contributed by atoms with Gasteiger partial charge in [0.25, 0.3) is 11.2 Å². The molecule has 0 saturated heterocycles. The summed E-state index contributed by atoms with van der Waals surface area (Å²) in [5, 5.41) is 11.0. The van der Waals surface area contributed by atoms with Crippen molar-refractivity contribution >= 4 is 32.5 Å². The average Bonchev–Trinajstić information content (AvgIpc) is 2.18. The number of nitro benzene ring substituents is 1. The lowest BCUT2D eigenvalue weighted by molar-refractivity contribution is -0.383. The van der Waals surface area contributed by atoms with Crippen molar-refractivity contribution in [3.8, 4) is 0 Å². The molecule has 82 valence electrons. The van der Waals surface area contributed by atoms with Crippen LogP contribution in [-0.2, 0) is 0 Å². The average molecular weight is 284 g/mol. The zero-order valence-electron chi connectivity index (χ0n) is 8.15. The highest BCUT2D eigenvalue weighted by molar-refractivity contribution is 9.10. The summed E-state index contributed by atoms with van der Waals surface area (Å²) < 4.78 is 0.475. The maximum absolute atomic E-state index is 11.6. The van der Waals surface area contributed by atoms with Crippen LogP contribution in [0.4, 0.5) is 5.69 Å². The van der Waals surface area contributed by atoms with E-state index in [4.69, 9.17) is 0 Å². The minimum Gasteiger partial charge on any atom is -0.310 e. The topological polar surface area (TPSA) is 88.9 Å². The molecule has 1 aromatic carbocycles. The van der Waals surface area contributed by atoms with Crippen LogP contribution < -0.4 is 5.56 Å². The summed E-state index contributed by atoms with van der Waals surface area (Å²) in [6, 6.07) is 2.84. The van der Waals surface area contributed by atoms with E-state index in [0.717, 1.165) is 0 Å². The predicted octanol–water partition coefficient (Wildman–Crippen LogP) is 1.90. The molecule has 1 aromatic heterocycles. The first-order valence-corrected chi connectivity index (χ1v) is 5.13. The second-order valence-corrected chi connectivity index (χ2v) is 4.15. The van der Waals surface area contributed by atoms with Gasteiger partial charge in [-0.05, 0) is 13.0 Å². The largest absolute Gasteiger partial charge is 0.310 e. The number of nitrogens with zero attached hydrogens (tertiary/aromatic N) is 2. The number of rotatable bonds is 1. The first-order chi connectivity index (χ1) is 7.49. The summed E-state index contributed by atoms with van der Waals surface area (Å²) in [5.74, 6) is 0.350. The number of nitro groups is 1. The molecule has 0 aliphatic heterocycles. The van der Waals surface area contributed by atoms with Crippen molar-refractivity contribution < 1.29 is 4.92 Å². The van der Waals surface area contributed by atoms with Gasteiger partial charge in [0.05, 0.1) is 10.3 Å². The van der Waals surface area contributed by atoms with Gasteiger partial charge in [0, 0.05) is 10.5 Å². The summed E-state index contributed by atoms with van der Waals surface area (Å²) >= 11 is 3.12. The number of nitrogens with one attached hydrogen (secondary N) is 1. The van der Waals surface area contributed by atoms with Crippen LogP contribution in [-0.4, -0.2) is 14.9 Å². The Morgan fingerprint density at radius 3 is 2.81 bits per heavy atom. The highest BCUT2D eigenvalue weighted by Crippen LogP contribution is 2.26. The Hall–Kier alpha value is -1.76. The molecule has 1 heterocycles. The fourth-order valence-electron chi connectivity index (χ4n) is 1.44. The van der Waals surface area contributed by atoms with Crippen molar-refractivity contribution in [1.82, 2.24) is 9.97 Å². The molecule has 0 aliphatic rings. The molecule has 0 fully saturated rings. The lowest BCUT2D eigenvalue weighted by Crippen LogP contribution is -2.10. The number of benzene rings is 1. The van der Waals surface area contributed by atoms with Crippen LogP contribution in [0.25, 0.3) is 10.9 Å². The zero-order chi connectivity index (χ0) is 11.9. The molecule has 0 radical (unpaired) electrons. The summed E-state index contributed by atoms with van der Waals surface area (Å²) in [4.78, 5) is 28.3. The third-order valence-electron chi connectivity index (χ3n) is 2.07. The fraction of sp³-hybridized carbons (Fsp3) is 0.111. The molecule has 2 rings (SSSR count). The van der Waals surface area contributed by atoms with Gasteiger partial charge in [-0.3, -0.25) is 14.9 Å². The number of non-ortho nitro benzene ring substituents is 1. The van der Waals surface area contributed by atoms with Crippen LogP contribution >= 0.6 is 15.9 Å². The van der Waals surface area contributed by atoms with Crippen LogP contribution in [0.1, 0.15) is 5.82 Å². The maximum Gasteiger partial charge on any atom is 0.296 e. The van der Waals surface area contributed by atoms with E-state index < -0.39 is 4.92 Å². The van der Waals surface area contributed by atoms with E-state index >= 15 is 0 Å². The molecule has 0 saturated carbocycles. The van der Waals surface area contributed by atoms with Gasteiger partial charge in [-0.25, -0.2) is 4.98 Å². The highest BCUT2D eigenvalue weighted by atomic mass is 79.9. The first-order valence-electron chi connectivity index (χ1n) is 4.33. The van der Waals surface area contributed by atoms with Gasteiger partial charge in [0.2, 0.25) is 0 Å². The fourth-order valence-corrected chi connectivity index (χ4v) is 1.89. The number of aryl methyl sites for hydroxylation is 1. The molecule has 0 spiro atoms. The van der Waals surface area contributed by atoms with Crippen LogP contribution in [0.5, 0.6) is 0 Å². The second kappa shape index (κ2) is 3.67. The molecule has 2 aromatic rings. The van der Waals surface area contributed by atoms with Crippen molar-refractivity contribution in [2.24, 2.45) is 0 Å². The van der Waals surface area contributed by atoms with Crippen molar-refractivity contribution in [2.75, 3.05) is 0 Å². The number of halogens is 1. The quantitative estimate of drug-likeness (QED) is 0.639. The molecule has 7 heteroatoms. The molecule has 1 N–H and O–H groups in total. The lowest BCUT2D eigenvalue weighted by Gasteiger charge is -2.00. The molecule has 6 nitrogen and oxygen atoms in total. The molecule has 16 heavy (non-hydrogen) atoms. The van der Waals surface area contributed by atoms with E-state index in [1.807, 2.05) is 0 Å². The van der Waals surface area contributed by atoms with Crippen molar-refractivity contribution in [3.63, 3.8) is 0 Å². The van der Waals surface area contributed by atoms with E-state index in [9.17, 15) is 14.9 Å². The third kappa shape index (κ3) is 1.69. The van der Waals surface area contributed by atoms with E-state index in [-0.39, 0.29) is 22.1 Å². The van der Waals surface area contributed by atoms with E-state index in [1.165, 1.54) is 12.1 Å². The van der Waals surface area contributed by atoms with Gasteiger partial charge in [0.15, 0.2) is 5.52 Å². The third-order valence-corrected chi connectivity index (χ3v) is 2.53.